The Labute approximate surface area is 140 Å². The van der Waals surface area contributed by atoms with Crippen molar-refractivity contribution in [3.63, 3.8) is 0 Å². The van der Waals surface area contributed by atoms with Crippen molar-refractivity contribution in [2.24, 2.45) is 5.73 Å². The summed E-state index contributed by atoms with van der Waals surface area (Å²) in [7, 11) is 2.81. The minimum Gasteiger partial charge on any atom is -0.480 e. The molecule has 1 aliphatic rings. The molecule has 9 nitrogen and oxygen atoms in total. The van der Waals surface area contributed by atoms with E-state index in [1.807, 2.05) is 0 Å². The lowest BCUT2D eigenvalue weighted by atomic mass is 10.2. The average molecular weight is 354 g/mol. The first kappa shape index (κ1) is 17.0. The number of hydrogen-bond donors (Lipinski definition) is 2. The number of aromatic nitrogens is 4. The maximum absolute atomic E-state index is 13.7. The van der Waals surface area contributed by atoms with Gasteiger partial charge >= 0.3 is 6.01 Å². The third-order valence-electron chi connectivity index (χ3n) is 3.87. The third-order valence-corrected chi connectivity index (χ3v) is 3.87. The Morgan fingerprint density at radius 1 is 1.40 bits per heavy atom. The fraction of sp³-hybridized carbons (Fsp3) is 0.429. The van der Waals surface area contributed by atoms with Gasteiger partial charge in [0, 0.05) is 12.7 Å². The summed E-state index contributed by atoms with van der Waals surface area (Å²) < 4.78 is 37.5. The summed E-state index contributed by atoms with van der Waals surface area (Å²) in [4.78, 5) is 21.3. The molecule has 1 saturated heterocycles. The molecule has 2 aromatic heterocycles. The van der Waals surface area contributed by atoms with Crippen molar-refractivity contribution >= 4 is 5.69 Å². The van der Waals surface area contributed by atoms with Crippen molar-refractivity contribution in [3.05, 3.63) is 22.6 Å². The van der Waals surface area contributed by atoms with Crippen molar-refractivity contribution in [1.29, 1.82) is 0 Å². The molecule has 0 saturated carbocycles. The standard InChI is InChI=1S/C14H16F2N6O3/c1-24-12-7(4-18-13(19-12)25-2)8-3-9(11(23)21-20-8)22-5-10(17)14(15,16)6-22/h3-4,10H,5-6,17H2,1-2H3,(H,21,23)/t10-/m0/s1. The van der Waals surface area contributed by atoms with Gasteiger partial charge in [-0.2, -0.15) is 10.1 Å². The van der Waals surface area contributed by atoms with E-state index in [1.165, 1.54) is 31.4 Å². The number of halogens is 2. The van der Waals surface area contributed by atoms with Crippen LogP contribution in [-0.4, -0.2) is 59.4 Å². The summed E-state index contributed by atoms with van der Waals surface area (Å²) in [6.45, 7) is -0.785. The van der Waals surface area contributed by atoms with Crippen molar-refractivity contribution in [3.8, 4) is 23.1 Å². The molecule has 1 atom stereocenters. The molecule has 0 aliphatic carbocycles. The van der Waals surface area contributed by atoms with Crippen LogP contribution in [0.1, 0.15) is 0 Å². The van der Waals surface area contributed by atoms with E-state index >= 15 is 0 Å². The van der Waals surface area contributed by atoms with Crippen molar-refractivity contribution in [2.45, 2.75) is 12.0 Å². The molecule has 0 bridgehead atoms. The number of methoxy groups -OCH3 is 2. The summed E-state index contributed by atoms with van der Waals surface area (Å²) in [5.41, 5.74) is 5.52. The van der Waals surface area contributed by atoms with Crippen LogP contribution in [0.2, 0.25) is 0 Å². The highest BCUT2D eigenvalue weighted by Crippen LogP contribution is 2.31. The van der Waals surface area contributed by atoms with Gasteiger partial charge in [0.15, 0.2) is 0 Å². The first-order chi connectivity index (χ1) is 11.9. The number of H-pyrrole nitrogens is 1. The molecule has 0 amide bonds. The molecule has 0 unspecified atom stereocenters. The topological polar surface area (TPSA) is 119 Å². The Balaban J connectivity index is 2.02. The van der Waals surface area contributed by atoms with Gasteiger partial charge in [-0.25, -0.2) is 18.9 Å². The molecule has 1 fully saturated rings. The van der Waals surface area contributed by atoms with Crippen LogP contribution in [0.25, 0.3) is 11.3 Å². The highest BCUT2D eigenvalue weighted by Gasteiger charge is 2.46. The Kier molecular flexibility index (Phi) is 4.25. The van der Waals surface area contributed by atoms with Gasteiger partial charge in [-0.3, -0.25) is 4.79 Å². The smallest absolute Gasteiger partial charge is 0.319 e. The van der Waals surface area contributed by atoms with E-state index in [-0.39, 0.29) is 29.8 Å². The van der Waals surface area contributed by atoms with Gasteiger partial charge in [0.05, 0.1) is 38.1 Å². The second-order valence-corrected chi connectivity index (χ2v) is 5.50. The molecule has 0 radical (unpaired) electrons. The third kappa shape index (κ3) is 3.09. The molecule has 2 aromatic rings. The summed E-state index contributed by atoms with van der Waals surface area (Å²) in [6, 6.07) is 0.124. The van der Waals surface area contributed by atoms with E-state index in [9.17, 15) is 13.6 Å². The lowest BCUT2D eigenvalue weighted by Crippen LogP contribution is -2.38. The summed E-state index contributed by atoms with van der Waals surface area (Å²) in [6.07, 6.45) is 1.40. The number of hydrogen-bond acceptors (Lipinski definition) is 8. The van der Waals surface area contributed by atoms with Gasteiger partial charge in [-0.15, -0.1) is 0 Å². The van der Waals surface area contributed by atoms with Gasteiger partial charge in [0.1, 0.15) is 5.69 Å². The largest absolute Gasteiger partial charge is 0.480 e. The molecule has 25 heavy (non-hydrogen) atoms. The van der Waals surface area contributed by atoms with E-state index in [4.69, 9.17) is 15.2 Å². The number of alkyl halides is 2. The van der Waals surface area contributed by atoms with E-state index in [0.29, 0.717) is 5.56 Å². The quantitative estimate of drug-likeness (QED) is 0.789. The van der Waals surface area contributed by atoms with Crippen LogP contribution in [-0.2, 0) is 0 Å². The first-order valence-electron chi connectivity index (χ1n) is 7.29. The number of nitrogens with zero attached hydrogens (tertiary/aromatic N) is 4. The molecule has 0 spiro atoms. The van der Waals surface area contributed by atoms with Crippen LogP contribution in [0.15, 0.2) is 17.1 Å². The Morgan fingerprint density at radius 2 is 2.16 bits per heavy atom. The van der Waals surface area contributed by atoms with E-state index in [2.05, 4.69) is 20.2 Å². The van der Waals surface area contributed by atoms with Crippen LogP contribution in [0, 0.1) is 0 Å². The van der Waals surface area contributed by atoms with Gasteiger partial charge in [-0.1, -0.05) is 0 Å². The zero-order valence-electron chi connectivity index (χ0n) is 13.5. The molecule has 134 valence electrons. The molecule has 3 N–H and O–H groups in total. The predicted octanol–water partition coefficient (Wildman–Crippen LogP) is 0.0267. The molecular weight excluding hydrogens is 338 g/mol. The molecule has 3 rings (SSSR count). The van der Waals surface area contributed by atoms with E-state index in [0.717, 1.165) is 0 Å². The second kappa shape index (κ2) is 6.24. The second-order valence-electron chi connectivity index (χ2n) is 5.50. The fourth-order valence-electron chi connectivity index (χ4n) is 2.54. The molecule has 1 aliphatic heterocycles. The summed E-state index contributed by atoms with van der Waals surface area (Å²) in [5, 5.41) is 6.21. The van der Waals surface area contributed by atoms with Gasteiger partial charge in [-0.05, 0) is 6.07 Å². The van der Waals surface area contributed by atoms with Crippen LogP contribution >= 0.6 is 0 Å². The number of nitrogens with one attached hydrogen (secondary N) is 1. The zero-order valence-corrected chi connectivity index (χ0v) is 13.5. The molecule has 0 aromatic carbocycles. The normalized spacial score (nSPS) is 19.1. The van der Waals surface area contributed by atoms with Crippen molar-refractivity contribution in [1.82, 2.24) is 20.2 Å². The van der Waals surface area contributed by atoms with Crippen LogP contribution in [0.5, 0.6) is 11.9 Å². The maximum atomic E-state index is 13.7. The maximum Gasteiger partial charge on any atom is 0.319 e. The number of ether oxygens (including phenoxy) is 2. The molecule has 11 heteroatoms. The van der Waals surface area contributed by atoms with Gasteiger partial charge < -0.3 is 20.1 Å². The number of anilines is 1. The van der Waals surface area contributed by atoms with E-state index in [1.54, 1.807) is 0 Å². The number of aromatic amines is 1. The van der Waals surface area contributed by atoms with E-state index < -0.39 is 24.1 Å². The minimum absolute atomic E-state index is 0.0375. The molecule has 3 heterocycles. The summed E-state index contributed by atoms with van der Waals surface area (Å²) in [5.74, 6) is -2.91. The van der Waals surface area contributed by atoms with Gasteiger partial charge in [0.25, 0.3) is 11.5 Å². The molecular formula is C14H16F2N6O3. The zero-order chi connectivity index (χ0) is 18.2. The highest BCUT2D eigenvalue weighted by atomic mass is 19.3. The van der Waals surface area contributed by atoms with Crippen LogP contribution in [0.3, 0.4) is 0 Å². The first-order valence-corrected chi connectivity index (χ1v) is 7.29. The lowest BCUT2D eigenvalue weighted by molar-refractivity contribution is 0.00965. The fourth-order valence-corrected chi connectivity index (χ4v) is 2.54. The number of rotatable bonds is 4. The van der Waals surface area contributed by atoms with Gasteiger partial charge in [0.2, 0.25) is 5.88 Å². The predicted molar refractivity (Wildman–Crippen MR) is 84.1 cm³/mol. The SMILES string of the molecule is COc1ncc(-c2cc(N3C[C@H](N)C(F)(F)C3)c(=O)[nH]n2)c(OC)n1. The Hall–Kier alpha value is -2.82. The monoisotopic (exact) mass is 354 g/mol. The lowest BCUT2D eigenvalue weighted by Gasteiger charge is -2.17. The highest BCUT2D eigenvalue weighted by molar-refractivity contribution is 5.67. The van der Waals surface area contributed by atoms with Crippen LogP contribution < -0.4 is 25.7 Å². The Morgan fingerprint density at radius 3 is 2.76 bits per heavy atom. The Bertz CT molecular complexity index is 844. The van der Waals surface area contributed by atoms with Crippen LogP contribution in [0.4, 0.5) is 14.5 Å². The minimum atomic E-state index is -3.07. The number of nitrogens with two attached hydrogens (primary N) is 1. The summed E-state index contributed by atoms with van der Waals surface area (Å²) >= 11 is 0. The van der Waals surface area contributed by atoms with Crippen molar-refractivity contribution in [2.75, 3.05) is 32.2 Å². The average Bonchev–Trinajstić information content (AvgIpc) is 2.87. The van der Waals surface area contributed by atoms with Crippen molar-refractivity contribution < 1.29 is 18.3 Å².